The first kappa shape index (κ1) is 8.27. The van der Waals surface area contributed by atoms with Gasteiger partial charge in [0.2, 0.25) is 0 Å². The minimum absolute atomic E-state index is 1.25. The summed E-state index contributed by atoms with van der Waals surface area (Å²) in [4.78, 5) is 1.30. The fraction of sp³-hybridized carbons (Fsp3) is 0. The highest BCUT2D eigenvalue weighted by atomic mass is 32.1. The largest absolute Gasteiger partial charge is 0.144 e. The van der Waals surface area contributed by atoms with Crippen LogP contribution in [0, 0.1) is 0 Å². The molecular formula is C12H10S. The predicted octanol–water partition coefficient (Wildman–Crippen LogP) is 3.92. The molecule has 0 amide bonds. The van der Waals surface area contributed by atoms with Crippen molar-refractivity contribution >= 4 is 23.5 Å². The van der Waals surface area contributed by atoms with E-state index in [-0.39, 0.29) is 0 Å². The van der Waals surface area contributed by atoms with Crippen molar-refractivity contribution in [1.29, 1.82) is 0 Å². The summed E-state index contributed by atoms with van der Waals surface area (Å²) >= 11 is 1.76. The van der Waals surface area contributed by atoms with E-state index < -0.39 is 0 Å². The Hall–Kier alpha value is -1.34. The van der Waals surface area contributed by atoms with Crippen LogP contribution in [0.3, 0.4) is 0 Å². The Morgan fingerprint density at radius 1 is 0.846 bits per heavy atom. The second kappa shape index (κ2) is 4.06. The molecule has 0 bridgehead atoms. The molecule has 0 unspecified atom stereocenters. The van der Waals surface area contributed by atoms with Crippen molar-refractivity contribution in [1.82, 2.24) is 0 Å². The van der Waals surface area contributed by atoms with E-state index in [9.17, 15) is 0 Å². The molecule has 0 saturated heterocycles. The van der Waals surface area contributed by atoms with Crippen LogP contribution in [0.15, 0.2) is 47.8 Å². The topological polar surface area (TPSA) is 0 Å². The molecule has 1 heteroatoms. The lowest BCUT2D eigenvalue weighted by molar-refractivity contribution is 1.67. The van der Waals surface area contributed by atoms with Crippen LogP contribution >= 0.6 is 11.3 Å². The third-order valence-electron chi connectivity index (χ3n) is 1.78. The summed E-state index contributed by atoms with van der Waals surface area (Å²) in [6.45, 7) is 0. The number of hydrogen-bond donors (Lipinski definition) is 0. The van der Waals surface area contributed by atoms with E-state index in [0.717, 1.165) is 0 Å². The van der Waals surface area contributed by atoms with Crippen LogP contribution in [-0.2, 0) is 0 Å². The lowest BCUT2D eigenvalue weighted by Gasteiger charge is -1.89. The Labute approximate surface area is 82.2 Å². The molecule has 0 aliphatic carbocycles. The van der Waals surface area contributed by atoms with Crippen molar-refractivity contribution in [3.05, 3.63) is 58.3 Å². The maximum absolute atomic E-state index is 2.14. The number of benzene rings is 1. The van der Waals surface area contributed by atoms with Crippen molar-refractivity contribution in [3.8, 4) is 0 Å². The SMILES string of the molecule is C(=C\c1cccs1)/c1ccccc1. The Bertz CT molecular complexity index is 371. The van der Waals surface area contributed by atoms with Crippen LogP contribution in [0.5, 0.6) is 0 Å². The fourth-order valence-corrected chi connectivity index (χ4v) is 1.75. The van der Waals surface area contributed by atoms with E-state index in [1.54, 1.807) is 11.3 Å². The van der Waals surface area contributed by atoms with Gasteiger partial charge in [-0.2, -0.15) is 0 Å². The summed E-state index contributed by atoms with van der Waals surface area (Å²) in [5.74, 6) is 0. The molecule has 64 valence electrons. The Morgan fingerprint density at radius 3 is 2.38 bits per heavy atom. The summed E-state index contributed by atoms with van der Waals surface area (Å²) in [5.41, 5.74) is 1.25. The molecule has 0 nitrogen and oxygen atoms in total. The van der Waals surface area contributed by atoms with Gasteiger partial charge in [-0.25, -0.2) is 0 Å². The molecule has 0 spiro atoms. The van der Waals surface area contributed by atoms with Crippen LogP contribution in [0.4, 0.5) is 0 Å². The van der Waals surface area contributed by atoms with Crippen LogP contribution in [-0.4, -0.2) is 0 Å². The monoisotopic (exact) mass is 186 g/mol. The standard InChI is InChI=1S/C12H10S/c1-2-5-11(6-3-1)8-9-12-7-4-10-13-12/h1-10H/b9-8+. The van der Waals surface area contributed by atoms with E-state index in [0.29, 0.717) is 0 Å². The Morgan fingerprint density at radius 2 is 1.69 bits per heavy atom. The van der Waals surface area contributed by atoms with Crippen LogP contribution in [0.25, 0.3) is 12.2 Å². The molecule has 0 saturated carbocycles. The third kappa shape index (κ3) is 2.30. The van der Waals surface area contributed by atoms with Gasteiger partial charge in [-0.3, -0.25) is 0 Å². The molecule has 0 radical (unpaired) electrons. The molecular weight excluding hydrogens is 176 g/mol. The Balaban J connectivity index is 2.15. The highest BCUT2D eigenvalue weighted by Crippen LogP contribution is 2.12. The van der Waals surface area contributed by atoms with Gasteiger partial charge in [0.05, 0.1) is 0 Å². The molecule has 0 N–H and O–H groups in total. The summed E-state index contributed by atoms with van der Waals surface area (Å²) in [5, 5.41) is 2.09. The first-order valence-electron chi connectivity index (χ1n) is 4.22. The number of hydrogen-bond acceptors (Lipinski definition) is 1. The van der Waals surface area contributed by atoms with Gasteiger partial charge in [-0.15, -0.1) is 11.3 Å². The zero-order valence-corrected chi connectivity index (χ0v) is 8.00. The average molecular weight is 186 g/mol. The van der Waals surface area contributed by atoms with E-state index in [2.05, 4.69) is 41.8 Å². The van der Waals surface area contributed by atoms with E-state index in [1.165, 1.54) is 10.4 Å². The summed E-state index contributed by atoms with van der Waals surface area (Å²) in [6.07, 6.45) is 4.27. The summed E-state index contributed by atoms with van der Waals surface area (Å²) < 4.78 is 0. The molecule has 0 fully saturated rings. The zero-order chi connectivity index (χ0) is 8.93. The lowest BCUT2D eigenvalue weighted by Crippen LogP contribution is -1.67. The van der Waals surface area contributed by atoms with Crippen molar-refractivity contribution < 1.29 is 0 Å². The molecule has 0 atom stereocenters. The average Bonchev–Trinajstić information content (AvgIpc) is 2.69. The number of rotatable bonds is 2. The van der Waals surface area contributed by atoms with Crippen molar-refractivity contribution in [2.75, 3.05) is 0 Å². The summed E-state index contributed by atoms with van der Waals surface area (Å²) in [6, 6.07) is 14.5. The lowest BCUT2D eigenvalue weighted by atomic mass is 10.2. The molecule has 1 aromatic carbocycles. The Kier molecular flexibility index (Phi) is 2.58. The second-order valence-electron chi connectivity index (χ2n) is 2.76. The molecule has 0 aliphatic heterocycles. The number of thiophene rings is 1. The molecule has 2 rings (SSSR count). The van der Waals surface area contributed by atoms with Crippen molar-refractivity contribution in [3.63, 3.8) is 0 Å². The maximum atomic E-state index is 2.14. The van der Waals surface area contributed by atoms with E-state index >= 15 is 0 Å². The van der Waals surface area contributed by atoms with Crippen LogP contribution < -0.4 is 0 Å². The first-order chi connectivity index (χ1) is 6.45. The second-order valence-corrected chi connectivity index (χ2v) is 3.74. The van der Waals surface area contributed by atoms with Gasteiger partial charge in [0.15, 0.2) is 0 Å². The van der Waals surface area contributed by atoms with Gasteiger partial charge in [-0.1, -0.05) is 42.5 Å². The summed E-state index contributed by atoms with van der Waals surface area (Å²) in [7, 11) is 0. The minimum Gasteiger partial charge on any atom is -0.144 e. The van der Waals surface area contributed by atoms with Crippen LogP contribution in [0.2, 0.25) is 0 Å². The van der Waals surface area contributed by atoms with Gasteiger partial charge >= 0.3 is 0 Å². The quantitative estimate of drug-likeness (QED) is 0.667. The molecule has 1 heterocycles. The van der Waals surface area contributed by atoms with Crippen molar-refractivity contribution in [2.24, 2.45) is 0 Å². The van der Waals surface area contributed by atoms with Gasteiger partial charge < -0.3 is 0 Å². The van der Waals surface area contributed by atoms with Gasteiger partial charge in [0, 0.05) is 4.88 Å². The predicted molar refractivity (Wildman–Crippen MR) is 59.7 cm³/mol. The normalized spacial score (nSPS) is 10.8. The zero-order valence-electron chi connectivity index (χ0n) is 7.18. The van der Waals surface area contributed by atoms with E-state index in [4.69, 9.17) is 0 Å². The highest BCUT2D eigenvalue weighted by Gasteiger charge is 1.86. The minimum atomic E-state index is 1.25. The molecule has 1 aromatic heterocycles. The highest BCUT2D eigenvalue weighted by molar-refractivity contribution is 7.10. The maximum Gasteiger partial charge on any atom is 0.0270 e. The first-order valence-corrected chi connectivity index (χ1v) is 5.10. The fourth-order valence-electron chi connectivity index (χ4n) is 1.13. The smallest absolute Gasteiger partial charge is 0.0270 e. The van der Waals surface area contributed by atoms with Gasteiger partial charge in [-0.05, 0) is 23.1 Å². The van der Waals surface area contributed by atoms with Gasteiger partial charge in [0.25, 0.3) is 0 Å². The molecule has 0 aliphatic rings. The van der Waals surface area contributed by atoms with Gasteiger partial charge in [0.1, 0.15) is 0 Å². The molecule has 13 heavy (non-hydrogen) atoms. The molecule has 2 aromatic rings. The van der Waals surface area contributed by atoms with Crippen LogP contribution in [0.1, 0.15) is 10.4 Å². The third-order valence-corrected chi connectivity index (χ3v) is 2.62. The van der Waals surface area contributed by atoms with Crippen molar-refractivity contribution in [2.45, 2.75) is 0 Å². The van der Waals surface area contributed by atoms with E-state index in [1.807, 2.05) is 18.2 Å².